The molecule has 2 aromatic heterocycles. The number of halogens is 3. The summed E-state index contributed by atoms with van der Waals surface area (Å²) < 4.78 is 81.2. The molecule has 1 atom stereocenters. The lowest BCUT2D eigenvalue weighted by Gasteiger charge is -2.33. The van der Waals surface area contributed by atoms with Crippen molar-refractivity contribution in [3.63, 3.8) is 0 Å². The largest absolute Gasteiger partial charge is 0.573 e. The molecule has 0 fully saturated rings. The molecule has 0 radical (unpaired) electrons. The molecule has 3 aromatic rings. The van der Waals surface area contributed by atoms with Gasteiger partial charge in [-0.15, -0.1) is 13.2 Å². The maximum Gasteiger partial charge on any atom is 0.573 e. The minimum atomic E-state index is -4.93. The molecule has 0 bridgehead atoms. The Morgan fingerprint density at radius 3 is 2.62 bits per heavy atom. The Hall–Kier alpha value is -4.00. The topological polar surface area (TPSA) is 113 Å². The van der Waals surface area contributed by atoms with Crippen LogP contribution >= 0.6 is 0 Å². The van der Waals surface area contributed by atoms with Crippen molar-refractivity contribution in [2.75, 3.05) is 0 Å². The van der Waals surface area contributed by atoms with Gasteiger partial charge in [-0.25, -0.2) is 22.2 Å². The maximum atomic E-state index is 14.4. The average Bonchev–Trinajstić information content (AvgIpc) is 3.47. The highest BCUT2D eigenvalue weighted by Gasteiger charge is 2.44. The predicted octanol–water partition coefficient (Wildman–Crippen LogP) is 6.09. The number of oxazole rings is 1. The van der Waals surface area contributed by atoms with E-state index in [2.05, 4.69) is 15.0 Å². The van der Waals surface area contributed by atoms with E-state index < -0.39 is 38.6 Å². The van der Waals surface area contributed by atoms with Crippen LogP contribution in [0.3, 0.4) is 0 Å². The van der Waals surface area contributed by atoms with E-state index in [4.69, 9.17) is 9.15 Å². The molecule has 13 heteroatoms. The Morgan fingerprint density at radius 2 is 1.98 bits per heavy atom. The van der Waals surface area contributed by atoms with Gasteiger partial charge in [0.2, 0.25) is 10.0 Å². The molecule has 2 heterocycles. The van der Waals surface area contributed by atoms with Gasteiger partial charge in [0.25, 0.3) is 0 Å². The fourth-order valence-corrected chi connectivity index (χ4v) is 6.23. The van der Waals surface area contributed by atoms with Gasteiger partial charge in [-0.2, -0.15) is 0 Å². The standard InChI is InChI=1S/C27H28F3N3O6S/c1-25(2,3)39-24(34)31-15-21-13-18-14-22(38-27(28,29)30)10-11-23(18)33(21)40(35,36)26(4)12-6-5-7-19(26)8-9-20-16-37-17-32-20/h5-11,13-14,16-17H,12,15H2,1-4H3,(H,31,34)/b9-8+. The smallest absolute Gasteiger partial charge is 0.451 e. The molecule has 9 nitrogen and oxygen atoms in total. The van der Waals surface area contributed by atoms with Crippen molar-refractivity contribution in [1.82, 2.24) is 14.3 Å². The molecule has 1 aliphatic rings. The van der Waals surface area contributed by atoms with Gasteiger partial charge in [-0.05, 0) is 70.0 Å². The van der Waals surface area contributed by atoms with Crippen LogP contribution in [0.15, 0.2) is 71.2 Å². The summed E-state index contributed by atoms with van der Waals surface area (Å²) in [4.78, 5) is 16.4. The van der Waals surface area contributed by atoms with Crippen molar-refractivity contribution in [3.8, 4) is 5.75 Å². The van der Waals surface area contributed by atoms with E-state index in [1.54, 1.807) is 58.1 Å². The number of carbonyl (C=O) groups excluding carboxylic acids is 1. The molecule has 1 unspecified atom stereocenters. The molecule has 214 valence electrons. The SMILES string of the molecule is CC(C)(C)OC(=O)NCc1cc2cc(OC(F)(F)F)ccc2n1S(=O)(=O)C1(C)CC=CC=C1/C=C/c1cocn1. The Kier molecular flexibility index (Phi) is 7.63. The van der Waals surface area contributed by atoms with E-state index in [1.165, 1.54) is 24.8 Å². The van der Waals surface area contributed by atoms with E-state index in [1.807, 2.05) is 0 Å². The van der Waals surface area contributed by atoms with Crippen molar-refractivity contribution in [2.45, 2.75) is 57.4 Å². The summed E-state index contributed by atoms with van der Waals surface area (Å²) in [5.74, 6) is -0.510. The van der Waals surface area contributed by atoms with Gasteiger partial charge >= 0.3 is 12.5 Å². The number of nitrogens with one attached hydrogen (secondary N) is 1. The Balaban J connectivity index is 1.80. The third-order valence-corrected chi connectivity index (χ3v) is 8.52. The number of amides is 1. The summed E-state index contributed by atoms with van der Waals surface area (Å²) >= 11 is 0. The molecule has 0 aliphatic heterocycles. The van der Waals surface area contributed by atoms with Gasteiger partial charge < -0.3 is 19.2 Å². The van der Waals surface area contributed by atoms with Gasteiger partial charge in [0.15, 0.2) is 6.39 Å². The number of rotatable bonds is 7. The first-order valence-electron chi connectivity index (χ1n) is 12.1. The normalized spacial score (nSPS) is 18.2. The number of hydrogen-bond acceptors (Lipinski definition) is 7. The van der Waals surface area contributed by atoms with Crippen molar-refractivity contribution in [3.05, 3.63) is 78.2 Å². The maximum absolute atomic E-state index is 14.4. The first-order chi connectivity index (χ1) is 18.6. The first kappa shape index (κ1) is 29.0. The van der Waals surface area contributed by atoms with E-state index in [0.29, 0.717) is 11.3 Å². The monoisotopic (exact) mass is 579 g/mol. The Labute approximate surface area is 229 Å². The fourth-order valence-electron chi connectivity index (χ4n) is 4.23. The van der Waals surface area contributed by atoms with E-state index >= 15 is 0 Å². The summed E-state index contributed by atoms with van der Waals surface area (Å²) in [7, 11) is -4.30. The van der Waals surface area contributed by atoms with Gasteiger partial charge in [0.1, 0.15) is 28.1 Å². The summed E-state index contributed by atoms with van der Waals surface area (Å²) in [6.45, 7) is 6.30. The minimum absolute atomic E-state index is 0.109. The number of ether oxygens (including phenoxy) is 2. The highest BCUT2D eigenvalue weighted by Crippen LogP contribution is 2.39. The number of benzene rings is 1. The number of alkyl halides is 3. The molecule has 0 spiro atoms. The number of fused-ring (bicyclic) bond motifs is 1. The second-order valence-electron chi connectivity index (χ2n) is 10.3. The fraction of sp³-hybridized carbons (Fsp3) is 0.333. The second kappa shape index (κ2) is 10.5. The van der Waals surface area contributed by atoms with Crippen LogP contribution in [0.4, 0.5) is 18.0 Å². The van der Waals surface area contributed by atoms with Crippen LogP contribution in [0.5, 0.6) is 5.75 Å². The lowest BCUT2D eigenvalue weighted by molar-refractivity contribution is -0.274. The van der Waals surface area contributed by atoms with Gasteiger partial charge in [0, 0.05) is 5.39 Å². The lowest BCUT2D eigenvalue weighted by Crippen LogP contribution is -2.42. The lowest BCUT2D eigenvalue weighted by atomic mass is 9.92. The molecule has 1 amide bonds. The van der Waals surface area contributed by atoms with E-state index in [-0.39, 0.29) is 29.6 Å². The molecule has 1 aliphatic carbocycles. The molecule has 1 aromatic carbocycles. The van der Waals surface area contributed by atoms with Crippen molar-refractivity contribution in [2.24, 2.45) is 0 Å². The molecular weight excluding hydrogens is 551 g/mol. The van der Waals surface area contributed by atoms with Gasteiger partial charge in [0.05, 0.1) is 17.8 Å². The van der Waals surface area contributed by atoms with Crippen LogP contribution in [0, 0.1) is 0 Å². The number of allylic oxidation sites excluding steroid dienone is 4. The Morgan fingerprint density at radius 1 is 1.23 bits per heavy atom. The Bertz CT molecular complexity index is 1600. The third-order valence-electron chi connectivity index (χ3n) is 6.07. The highest BCUT2D eigenvalue weighted by molar-refractivity contribution is 7.91. The quantitative estimate of drug-likeness (QED) is 0.361. The summed E-state index contributed by atoms with van der Waals surface area (Å²) in [6.07, 6.45) is 5.39. The molecule has 0 saturated carbocycles. The molecule has 40 heavy (non-hydrogen) atoms. The number of hydrogen-bond donors (Lipinski definition) is 1. The number of aromatic nitrogens is 2. The van der Waals surface area contributed by atoms with Crippen molar-refractivity contribution < 1.29 is 40.3 Å². The van der Waals surface area contributed by atoms with Gasteiger partial charge in [-0.1, -0.05) is 24.3 Å². The van der Waals surface area contributed by atoms with Crippen LogP contribution in [-0.4, -0.2) is 40.2 Å². The summed E-state index contributed by atoms with van der Waals surface area (Å²) in [5, 5.41) is 2.70. The number of alkyl carbamates (subject to hydrolysis) is 1. The van der Waals surface area contributed by atoms with Crippen molar-refractivity contribution >= 4 is 33.1 Å². The highest BCUT2D eigenvalue weighted by atomic mass is 32.2. The molecule has 4 rings (SSSR count). The zero-order valence-electron chi connectivity index (χ0n) is 22.2. The second-order valence-corrected chi connectivity index (χ2v) is 12.5. The van der Waals surface area contributed by atoms with Crippen LogP contribution < -0.4 is 10.1 Å². The minimum Gasteiger partial charge on any atom is -0.451 e. The predicted molar refractivity (Wildman–Crippen MR) is 142 cm³/mol. The summed E-state index contributed by atoms with van der Waals surface area (Å²) in [6, 6.07) is 4.76. The van der Waals surface area contributed by atoms with E-state index in [9.17, 15) is 26.4 Å². The zero-order chi connectivity index (χ0) is 29.3. The van der Waals surface area contributed by atoms with Crippen LogP contribution in [-0.2, 0) is 21.3 Å². The number of nitrogens with zero attached hydrogens (tertiary/aromatic N) is 2. The van der Waals surface area contributed by atoms with Crippen LogP contribution in [0.25, 0.3) is 17.0 Å². The first-order valence-corrected chi connectivity index (χ1v) is 13.6. The summed E-state index contributed by atoms with van der Waals surface area (Å²) in [5.41, 5.74) is 0.362. The van der Waals surface area contributed by atoms with E-state index in [0.717, 1.165) is 16.1 Å². The zero-order valence-corrected chi connectivity index (χ0v) is 23.0. The van der Waals surface area contributed by atoms with Gasteiger partial charge in [-0.3, -0.25) is 0 Å². The van der Waals surface area contributed by atoms with Crippen molar-refractivity contribution in [1.29, 1.82) is 0 Å². The molecular formula is C27H28F3N3O6S. The average molecular weight is 580 g/mol. The number of carbonyl (C=O) groups is 1. The molecule has 0 saturated heterocycles. The third kappa shape index (κ3) is 6.24. The van der Waals surface area contributed by atoms with Crippen LogP contribution in [0.2, 0.25) is 0 Å². The van der Waals surface area contributed by atoms with Crippen LogP contribution in [0.1, 0.15) is 45.5 Å². The molecule has 1 N–H and O–H groups in total.